The highest BCUT2D eigenvalue weighted by molar-refractivity contribution is 7.89. The number of aryl methyl sites for hydroxylation is 1. The average Bonchev–Trinajstić information content (AvgIpc) is 2.84. The van der Waals surface area contributed by atoms with Crippen LogP contribution in [0.25, 0.3) is 0 Å². The van der Waals surface area contributed by atoms with Gasteiger partial charge in [-0.3, -0.25) is 4.68 Å². The van der Waals surface area contributed by atoms with Gasteiger partial charge in [-0.15, -0.1) is 0 Å². The SMILES string of the molecule is Cn1cc(CCNS(=O)(=O)c2ccc(C#N)c(Cl)c2)cn1. The standard InChI is InChI=1S/C13H13ClN4O2S/c1-18-9-10(8-16-18)4-5-17-21(19,20)12-3-2-11(7-15)13(14)6-12/h2-3,6,8-9,17H,4-5H2,1H3. The molecule has 0 aliphatic rings. The number of nitrogens with zero attached hydrogens (tertiary/aromatic N) is 3. The van der Waals surface area contributed by atoms with Crippen LogP contribution in [0, 0.1) is 11.3 Å². The van der Waals surface area contributed by atoms with Crippen molar-refractivity contribution in [3.8, 4) is 6.07 Å². The molecule has 0 saturated carbocycles. The van der Waals surface area contributed by atoms with Crippen LogP contribution >= 0.6 is 11.6 Å². The number of benzene rings is 1. The van der Waals surface area contributed by atoms with Crippen LogP contribution in [0.15, 0.2) is 35.5 Å². The fraction of sp³-hybridized carbons (Fsp3) is 0.231. The number of halogens is 1. The molecule has 2 aromatic rings. The van der Waals surface area contributed by atoms with Gasteiger partial charge in [0, 0.05) is 19.8 Å². The summed E-state index contributed by atoms with van der Waals surface area (Å²) < 4.78 is 28.4. The molecule has 110 valence electrons. The molecule has 0 bridgehead atoms. The van der Waals surface area contributed by atoms with Crippen molar-refractivity contribution < 1.29 is 8.42 Å². The van der Waals surface area contributed by atoms with Gasteiger partial charge in [0.1, 0.15) is 6.07 Å². The van der Waals surface area contributed by atoms with Crippen LogP contribution in [0.1, 0.15) is 11.1 Å². The zero-order valence-electron chi connectivity index (χ0n) is 11.2. The van der Waals surface area contributed by atoms with Gasteiger partial charge in [-0.05, 0) is 30.2 Å². The molecule has 0 spiro atoms. The maximum Gasteiger partial charge on any atom is 0.240 e. The Morgan fingerprint density at radius 1 is 1.48 bits per heavy atom. The van der Waals surface area contributed by atoms with E-state index in [0.717, 1.165) is 5.56 Å². The Morgan fingerprint density at radius 2 is 2.24 bits per heavy atom. The second-order valence-electron chi connectivity index (χ2n) is 4.42. The first-order valence-electron chi connectivity index (χ1n) is 6.09. The molecule has 0 aliphatic heterocycles. The van der Waals surface area contributed by atoms with Crippen LogP contribution < -0.4 is 4.72 Å². The average molecular weight is 325 g/mol. The third kappa shape index (κ3) is 3.82. The molecule has 0 fully saturated rings. The normalized spacial score (nSPS) is 11.3. The molecule has 2 rings (SSSR count). The fourth-order valence-electron chi connectivity index (χ4n) is 1.77. The lowest BCUT2D eigenvalue weighted by molar-refractivity contribution is 0.581. The predicted molar refractivity (Wildman–Crippen MR) is 78.3 cm³/mol. The minimum atomic E-state index is -3.64. The Morgan fingerprint density at radius 3 is 2.81 bits per heavy atom. The zero-order valence-corrected chi connectivity index (χ0v) is 12.8. The summed E-state index contributed by atoms with van der Waals surface area (Å²) >= 11 is 5.84. The molecule has 0 atom stereocenters. The lowest BCUT2D eigenvalue weighted by Gasteiger charge is -2.07. The summed E-state index contributed by atoms with van der Waals surface area (Å²) in [6.45, 7) is 0.256. The van der Waals surface area contributed by atoms with Gasteiger partial charge >= 0.3 is 0 Å². The van der Waals surface area contributed by atoms with E-state index in [-0.39, 0.29) is 22.0 Å². The molecule has 1 heterocycles. The highest BCUT2D eigenvalue weighted by atomic mass is 35.5. The van der Waals surface area contributed by atoms with Crippen molar-refractivity contribution >= 4 is 21.6 Å². The molecular weight excluding hydrogens is 312 g/mol. The van der Waals surface area contributed by atoms with Gasteiger partial charge in [0.25, 0.3) is 0 Å². The van der Waals surface area contributed by atoms with Gasteiger partial charge in [0.05, 0.1) is 21.7 Å². The van der Waals surface area contributed by atoms with Crippen molar-refractivity contribution in [2.75, 3.05) is 6.54 Å². The molecule has 0 saturated heterocycles. The summed E-state index contributed by atoms with van der Waals surface area (Å²) in [5, 5.41) is 12.9. The lowest BCUT2D eigenvalue weighted by atomic mass is 10.2. The molecule has 8 heteroatoms. The number of sulfonamides is 1. The Labute approximate surface area is 128 Å². The summed E-state index contributed by atoms with van der Waals surface area (Å²) in [7, 11) is -1.84. The predicted octanol–water partition coefficient (Wildman–Crippen LogP) is 1.47. The highest BCUT2D eigenvalue weighted by Gasteiger charge is 2.15. The van der Waals surface area contributed by atoms with Gasteiger partial charge in [-0.1, -0.05) is 11.6 Å². The van der Waals surface area contributed by atoms with Crippen LogP contribution in [0.3, 0.4) is 0 Å². The van der Waals surface area contributed by atoms with E-state index < -0.39 is 10.0 Å². The molecule has 21 heavy (non-hydrogen) atoms. The number of nitriles is 1. The van der Waals surface area contributed by atoms with E-state index in [4.69, 9.17) is 16.9 Å². The summed E-state index contributed by atoms with van der Waals surface area (Å²) in [6, 6.07) is 5.90. The number of hydrogen-bond acceptors (Lipinski definition) is 4. The summed E-state index contributed by atoms with van der Waals surface area (Å²) in [5.41, 5.74) is 1.18. The molecule has 1 aromatic carbocycles. The van der Waals surface area contributed by atoms with Crippen molar-refractivity contribution in [1.29, 1.82) is 5.26 Å². The Hall–Kier alpha value is -1.88. The molecule has 1 N–H and O–H groups in total. The molecule has 0 unspecified atom stereocenters. The Balaban J connectivity index is 2.05. The molecular formula is C13H13ClN4O2S. The van der Waals surface area contributed by atoms with E-state index in [2.05, 4.69) is 9.82 Å². The first-order valence-corrected chi connectivity index (χ1v) is 7.95. The topological polar surface area (TPSA) is 87.8 Å². The zero-order chi connectivity index (χ0) is 15.5. The van der Waals surface area contributed by atoms with Gasteiger partial charge in [-0.2, -0.15) is 10.4 Å². The molecule has 6 nitrogen and oxygen atoms in total. The van der Waals surface area contributed by atoms with Crippen LogP contribution in [-0.4, -0.2) is 24.7 Å². The molecule has 1 aromatic heterocycles. The van der Waals surface area contributed by atoms with E-state index in [1.807, 2.05) is 12.3 Å². The highest BCUT2D eigenvalue weighted by Crippen LogP contribution is 2.20. The fourth-order valence-corrected chi connectivity index (χ4v) is 3.11. The number of hydrogen-bond donors (Lipinski definition) is 1. The van der Waals surface area contributed by atoms with E-state index in [0.29, 0.717) is 6.42 Å². The van der Waals surface area contributed by atoms with Crippen LogP contribution in [0.2, 0.25) is 5.02 Å². The second-order valence-corrected chi connectivity index (χ2v) is 6.60. The third-order valence-electron chi connectivity index (χ3n) is 2.84. The van der Waals surface area contributed by atoms with Crippen molar-refractivity contribution in [3.63, 3.8) is 0 Å². The third-order valence-corrected chi connectivity index (χ3v) is 4.61. The van der Waals surface area contributed by atoms with Crippen molar-refractivity contribution in [2.24, 2.45) is 7.05 Å². The smallest absolute Gasteiger partial charge is 0.240 e. The maximum atomic E-state index is 12.1. The number of rotatable bonds is 5. The summed E-state index contributed by atoms with van der Waals surface area (Å²) in [4.78, 5) is 0.0395. The van der Waals surface area contributed by atoms with Crippen molar-refractivity contribution in [3.05, 3.63) is 46.7 Å². The monoisotopic (exact) mass is 324 g/mol. The quantitative estimate of drug-likeness (QED) is 0.902. The second kappa shape index (κ2) is 6.26. The maximum absolute atomic E-state index is 12.1. The van der Waals surface area contributed by atoms with Crippen LogP contribution in [0.4, 0.5) is 0 Å². The van der Waals surface area contributed by atoms with Gasteiger partial charge in [0.15, 0.2) is 0 Å². The van der Waals surface area contributed by atoms with Crippen LogP contribution in [-0.2, 0) is 23.5 Å². The number of aromatic nitrogens is 2. The minimum Gasteiger partial charge on any atom is -0.276 e. The molecule has 0 aliphatic carbocycles. The van der Waals surface area contributed by atoms with Crippen LogP contribution in [0.5, 0.6) is 0 Å². The molecule has 0 amide bonds. The van der Waals surface area contributed by atoms with Gasteiger partial charge < -0.3 is 0 Å². The number of nitrogens with one attached hydrogen (secondary N) is 1. The first kappa shape index (κ1) is 15.5. The first-order chi connectivity index (χ1) is 9.92. The van der Waals surface area contributed by atoms with E-state index in [1.54, 1.807) is 17.9 Å². The molecule has 0 radical (unpaired) electrons. The summed E-state index contributed by atoms with van der Waals surface area (Å²) in [5.74, 6) is 0. The van der Waals surface area contributed by atoms with E-state index >= 15 is 0 Å². The Kier molecular flexibility index (Phi) is 4.63. The van der Waals surface area contributed by atoms with Gasteiger partial charge in [0.2, 0.25) is 10.0 Å². The summed E-state index contributed by atoms with van der Waals surface area (Å²) in [6.07, 6.45) is 4.05. The Bertz CT molecular complexity index is 793. The largest absolute Gasteiger partial charge is 0.276 e. The van der Waals surface area contributed by atoms with Crippen molar-refractivity contribution in [2.45, 2.75) is 11.3 Å². The van der Waals surface area contributed by atoms with Gasteiger partial charge in [-0.25, -0.2) is 13.1 Å². The van der Waals surface area contributed by atoms with E-state index in [9.17, 15) is 8.42 Å². The minimum absolute atomic E-state index is 0.0395. The van der Waals surface area contributed by atoms with Crippen molar-refractivity contribution in [1.82, 2.24) is 14.5 Å². The van der Waals surface area contributed by atoms with E-state index in [1.165, 1.54) is 18.2 Å². The lowest BCUT2D eigenvalue weighted by Crippen LogP contribution is -2.26.